The molecule has 0 aromatic carbocycles. The lowest BCUT2D eigenvalue weighted by Gasteiger charge is -2.40. The second-order valence-electron chi connectivity index (χ2n) is 3.30. The Bertz CT molecular complexity index is 219. The molecule has 2 heterocycles. The van der Waals surface area contributed by atoms with Crippen LogP contribution in [0, 0.1) is 0 Å². The normalized spacial score (nSPS) is 25.9. The summed E-state index contributed by atoms with van der Waals surface area (Å²) in [5, 5.41) is 2.50. The summed E-state index contributed by atoms with van der Waals surface area (Å²) in [5.41, 5.74) is 0. The molecule has 5 heteroatoms. The summed E-state index contributed by atoms with van der Waals surface area (Å²) in [6.45, 7) is 1.78. The third kappa shape index (κ3) is 0.972. The van der Waals surface area contributed by atoms with Crippen molar-refractivity contribution in [2.45, 2.75) is 6.04 Å². The van der Waals surface area contributed by atoms with Gasteiger partial charge in [0.15, 0.2) is 0 Å². The molecule has 0 spiro atoms. The van der Waals surface area contributed by atoms with E-state index in [1.807, 2.05) is 7.05 Å². The van der Waals surface area contributed by atoms with Crippen LogP contribution in [0.1, 0.15) is 0 Å². The Kier molecular flexibility index (Phi) is 1.54. The van der Waals surface area contributed by atoms with Crippen LogP contribution in [0.5, 0.6) is 0 Å². The number of imide groups is 1. The topological polar surface area (TPSA) is 52.6 Å². The first-order valence-corrected chi connectivity index (χ1v) is 3.97. The zero-order valence-electron chi connectivity index (χ0n) is 6.91. The van der Waals surface area contributed by atoms with E-state index in [2.05, 4.69) is 10.2 Å². The van der Waals surface area contributed by atoms with Crippen LogP contribution in [-0.2, 0) is 4.79 Å². The van der Waals surface area contributed by atoms with Gasteiger partial charge in [-0.1, -0.05) is 0 Å². The highest BCUT2D eigenvalue weighted by molar-refractivity contribution is 6.02. The Morgan fingerprint density at radius 1 is 1.42 bits per heavy atom. The summed E-state index contributed by atoms with van der Waals surface area (Å²) < 4.78 is 0. The van der Waals surface area contributed by atoms with E-state index >= 15 is 0 Å². The molecule has 66 valence electrons. The maximum atomic E-state index is 11.1. The molecule has 0 saturated carbocycles. The Morgan fingerprint density at radius 3 is 2.50 bits per heavy atom. The van der Waals surface area contributed by atoms with E-state index in [0.29, 0.717) is 0 Å². The monoisotopic (exact) mass is 169 g/mol. The number of carbonyl (C=O) groups is 2. The quantitative estimate of drug-likeness (QED) is 0.504. The number of amides is 3. The van der Waals surface area contributed by atoms with E-state index < -0.39 is 0 Å². The van der Waals surface area contributed by atoms with Gasteiger partial charge in [0.2, 0.25) is 5.91 Å². The van der Waals surface area contributed by atoms with Crippen molar-refractivity contribution in [3.05, 3.63) is 0 Å². The maximum Gasteiger partial charge on any atom is 0.324 e. The van der Waals surface area contributed by atoms with Gasteiger partial charge in [-0.25, -0.2) is 4.79 Å². The first kappa shape index (κ1) is 7.54. The lowest BCUT2D eigenvalue weighted by Crippen LogP contribution is -2.59. The van der Waals surface area contributed by atoms with Gasteiger partial charge >= 0.3 is 6.03 Å². The van der Waals surface area contributed by atoms with Gasteiger partial charge in [-0.15, -0.1) is 0 Å². The number of rotatable bonds is 1. The van der Waals surface area contributed by atoms with Crippen LogP contribution >= 0.6 is 0 Å². The van der Waals surface area contributed by atoms with Gasteiger partial charge in [0.05, 0.1) is 12.6 Å². The minimum Gasteiger partial charge on any atom is -0.329 e. The van der Waals surface area contributed by atoms with Gasteiger partial charge in [0.25, 0.3) is 0 Å². The average molecular weight is 169 g/mol. The van der Waals surface area contributed by atoms with Crippen LogP contribution in [0.3, 0.4) is 0 Å². The van der Waals surface area contributed by atoms with Gasteiger partial charge in [0, 0.05) is 13.1 Å². The minimum atomic E-state index is -0.238. The number of nitrogens with one attached hydrogen (secondary N) is 1. The van der Waals surface area contributed by atoms with E-state index in [4.69, 9.17) is 0 Å². The van der Waals surface area contributed by atoms with Crippen molar-refractivity contribution >= 4 is 11.9 Å². The van der Waals surface area contributed by atoms with Crippen LogP contribution in [0.15, 0.2) is 0 Å². The average Bonchev–Trinajstić information content (AvgIpc) is 2.26. The van der Waals surface area contributed by atoms with Gasteiger partial charge in [0.1, 0.15) is 0 Å². The van der Waals surface area contributed by atoms with Gasteiger partial charge in [-0.05, 0) is 7.05 Å². The van der Waals surface area contributed by atoms with E-state index in [1.54, 1.807) is 0 Å². The van der Waals surface area contributed by atoms with E-state index in [1.165, 1.54) is 4.90 Å². The Hall–Kier alpha value is -1.10. The molecule has 0 aliphatic carbocycles. The van der Waals surface area contributed by atoms with Gasteiger partial charge < -0.3 is 10.2 Å². The molecule has 0 aromatic rings. The van der Waals surface area contributed by atoms with Crippen molar-refractivity contribution in [1.82, 2.24) is 15.1 Å². The lowest BCUT2D eigenvalue weighted by molar-refractivity contribution is -0.128. The van der Waals surface area contributed by atoms with Crippen molar-refractivity contribution in [3.8, 4) is 0 Å². The summed E-state index contributed by atoms with van der Waals surface area (Å²) in [5.74, 6) is -0.0990. The summed E-state index contributed by atoms with van der Waals surface area (Å²) in [6, 6.07) is -0.136. The number of nitrogens with zero attached hydrogens (tertiary/aromatic N) is 2. The smallest absolute Gasteiger partial charge is 0.324 e. The molecule has 1 N–H and O–H groups in total. The van der Waals surface area contributed by atoms with Gasteiger partial charge in [-0.3, -0.25) is 9.69 Å². The number of hydrogen-bond acceptors (Lipinski definition) is 3. The van der Waals surface area contributed by atoms with Crippen molar-refractivity contribution in [3.63, 3.8) is 0 Å². The molecule has 0 radical (unpaired) electrons. The third-order valence-corrected chi connectivity index (χ3v) is 2.29. The first-order valence-electron chi connectivity index (χ1n) is 3.97. The minimum absolute atomic E-state index is 0.0990. The molecule has 2 saturated heterocycles. The Balaban J connectivity index is 2.03. The Morgan fingerprint density at radius 2 is 2.08 bits per heavy atom. The Labute approximate surface area is 70.3 Å². The fourth-order valence-electron chi connectivity index (χ4n) is 1.63. The summed E-state index contributed by atoms with van der Waals surface area (Å²) >= 11 is 0. The van der Waals surface area contributed by atoms with Crippen molar-refractivity contribution in [2.75, 3.05) is 26.7 Å². The molecule has 5 nitrogen and oxygen atoms in total. The second kappa shape index (κ2) is 2.45. The highest BCUT2D eigenvalue weighted by Gasteiger charge is 2.39. The first-order chi connectivity index (χ1) is 5.68. The molecule has 0 bridgehead atoms. The summed E-state index contributed by atoms with van der Waals surface area (Å²) in [6.07, 6.45) is 0. The molecular weight excluding hydrogens is 158 g/mol. The van der Waals surface area contributed by atoms with Crippen LogP contribution in [0.25, 0.3) is 0 Å². The molecule has 0 aromatic heterocycles. The molecule has 0 atom stereocenters. The molecule has 2 fully saturated rings. The number of hydrogen-bond donors (Lipinski definition) is 1. The predicted molar refractivity (Wildman–Crippen MR) is 41.5 cm³/mol. The van der Waals surface area contributed by atoms with E-state index in [0.717, 1.165) is 13.1 Å². The molecule has 0 unspecified atom stereocenters. The zero-order valence-corrected chi connectivity index (χ0v) is 6.91. The molecule has 2 rings (SSSR count). The summed E-state index contributed by atoms with van der Waals surface area (Å²) in [4.78, 5) is 25.7. The summed E-state index contributed by atoms with van der Waals surface area (Å²) in [7, 11) is 1.97. The fourth-order valence-corrected chi connectivity index (χ4v) is 1.63. The highest BCUT2D eigenvalue weighted by atomic mass is 16.2. The molecule has 2 aliphatic rings. The molecular formula is C7H11N3O2. The number of urea groups is 1. The van der Waals surface area contributed by atoms with E-state index in [9.17, 15) is 9.59 Å². The van der Waals surface area contributed by atoms with Crippen LogP contribution in [-0.4, -0.2) is 54.5 Å². The fraction of sp³-hybridized carbons (Fsp3) is 0.714. The molecule has 3 amide bonds. The number of carbonyl (C=O) groups excluding carboxylic acids is 2. The lowest BCUT2D eigenvalue weighted by atomic mass is 10.1. The van der Waals surface area contributed by atoms with Crippen molar-refractivity contribution in [2.24, 2.45) is 0 Å². The standard InChI is InChI=1S/C7H11N3O2/c1-9-3-5(4-9)10-6(11)2-8-7(10)12/h5H,2-4H2,1H3,(H,8,12). The van der Waals surface area contributed by atoms with Crippen LogP contribution in [0.4, 0.5) is 4.79 Å². The number of likely N-dealkylation sites (N-methyl/N-ethyl adjacent to an activating group) is 1. The van der Waals surface area contributed by atoms with Crippen molar-refractivity contribution in [1.29, 1.82) is 0 Å². The largest absolute Gasteiger partial charge is 0.329 e. The highest BCUT2D eigenvalue weighted by Crippen LogP contribution is 2.15. The predicted octanol–water partition coefficient (Wildman–Crippen LogP) is -1.15. The third-order valence-electron chi connectivity index (χ3n) is 2.29. The number of likely N-dealkylation sites (tertiary alicyclic amines) is 1. The molecule has 12 heavy (non-hydrogen) atoms. The SMILES string of the molecule is CN1CC(N2C(=O)CNC2=O)C1. The van der Waals surface area contributed by atoms with Gasteiger partial charge in [-0.2, -0.15) is 0 Å². The van der Waals surface area contributed by atoms with Crippen LogP contribution < -0.4 is 5.32 Å². The van der Waals surface area contributed by atoms with Crippen LogP contribution in [0.2, 0.25) is 0 Å². The molecule has 2 aliphatic heterocycles. The maximum absolute atomic E-state index is 11.1. The van der Waals surface area contributed by atoms with E-state index in [-0.39, 0.29) is 24.5 Å². The van der Waals surface area contributed by atoms with Crippen molar-refractivity contribution < 1.29 is 9.59 Å². The zero-order chi connectivity index (χ0) is 8.72. The second-order valence-corrected chi connectivity index (χ2v) is 3.30.